The van der Waals surface area contributed by atoms with Crippen LogP contribution >= 0.6 is 0 Å². The molecule has 0 radical (unpaired) electrons. The molecule has 1 saturated heterocycles. The van der Waals surface area contributed by atoms with Gasteiger partial charge in [-0.05, 0) is 59.3 Å². The van der Waals surface area contributed by atoms with Gasteiger partial charge in [0.2, 0.25) is 17.6 Å². The molecule has 268 valence electrons. The molecular weight excluding hydrogens is 622 g/mol. The van der Waals surface area contributed by atoms with Gasteiger partial charge in [-0.25, -0.2) is 4.79 Å². The Bertz CT molecular complexity index is 1430. The summed E-state index contributed by atoms with van der Waals surface area (Å²) >= 11 is 0. The maximum absolute atomic E-state index is 14.4. The first-order chi connectivity index (χ1) is 23.1. The number of amides is 5. The zero-order valence-electron chi connectivity index (χ0n) is 29.8. The Morgan fingerprint density at radius 3 is 2.16 bits per heavy atom. The topological polar surface area (TPSA) is 168 Å². The minimum Gasteiger partial charge on any atom is -0.363 e. The number of benzene rings is 1. The van der Waals surface area contributed by atoms with Crippen molar-refractivity contribution in [2.75, 3.05) is 6.54 Å². The first kappa shape index (κ1) is 36.5. The Labute approximate surface area is 290 Å². The van der Waals surface area contributed by atoms with Crippen molar-refractivity contribution in [1.82, 2.24) is 20.9 Å². The molecule has 1 aliphatic heterocycles. The lowest BCUT2D eigenvalue weighted by Crippen LogP contribution is -2.61. The molecule has 5 rings (SSSR count). The summed E-state index contributed by atoms with van der Waals surface area (Å²) in [5.74, 6) is -3.12. The lowest BCUT2D eigenvalue weighted by Gasteiger charge is -2.38. The monoisotopic (exact) mass is 677 g/mol. The third-order valence-electron chi connectivity index (χ3n) is 11.9. The Kier molecular flexibility index (Phi) is 10.9. The van der Waals surface area contributed by atoms with Crippen LogP contribution in [0.25, 0.3) is 0 Å². The molecule has 0 spiro atoms. The number of Topliss-reactive ketones (excluding diaryl/α,β-unsaturated/α-hetero) is 2. The van der Waals surface area contributed by atoms with Crippen molar-refractivity contribution in [3.63, 3.8) is 0 Å². The number of carbonyl (C=O) groups is 6. The van der Waals surface area contributed by atoms with E-state index in [4.69, 9.17) is 5.73 Å². The Hall–Kier alpha value is -3.76. The maximum Gasteiger partial charge on any atom is 0.316 e. The van der Waals surface area contributed by atoms with Crippen LogP contribution in [0.2, 0.25) is 0 Å². The Morgan fingerprint density at radius 2 is 1.59 bits per heavy atom. The third-order valence-corrected chi connectivity index (χ3v) is 11.9. The van der Waals surface area contributed by atoms with Crippen LogP contribution in [0.5, 0.6) is 0 Å². The van der Waals surface area contributed by atoms with E-state index in [1.54, 1.807) is 4.90 Å². The molecule has 6 atom stereocenters. The van der Waals surface area contributed by atoms with Gasteiger partial charge in [0.05, 0.1) is 6.04 Å². The second-order valence-electron chi connectivity index (χ2n) is 16.7. The SMILES string of the molecule is CC(C)(C)[C@H](NC(=O)N[C@H](C(=O)NCc1ccccc1)C1CCCC1)C(=O)N1C[C@H]2[C@@H]([C@H]1C(=O)CC(CC1CCC1)C(=O)C(N)=O)C2(C)C. The normalized spacial score (nSPS) is 24.9. The molecule has 4 fully saturated rings. The van der Waals surface area contributed by atoms with Gasteiger partial charge in [-0.3, -0.25) is 24.0 Å². The number of piperidine rings is 1. The zero-order chi connectivity index (χ0) is 35.7. The van der Waals surface area contributed by atoms with Crippen molar-refractivity contribution >= 4 is 35.3 Å². The standard InChI is InChI=1S/C38H55N5O6/c1-37(2,3)32(42-36(49)41-29(24-16-9-10-17-24)34(47)40-20-23-12-7-6-8-13-23)35(48)43-21-26-28(38(26,4)5)30(43)27(44)19-25(31(45)33(39)46)18-22-14-11-15-22/h6-8,12-13,22,24-26,28-30,32H,9-11,14-21H2,1-5H3,(H2,39,46)(H,40,47)(H2,41,42,49)/t25?,26-,28-,29-,30+,32+/m0/s1. The first-order valence-electron chi connectivity index (χ1n) is 18.1. The average molecular weight is 678 g/mol. The highest BCUT2D eigenvalue weighted by atomic mass is 16.2. The summed E-state index contributed by atoms with van der Waals surface area (Å²) in [7, 11) is 0. The van der Waals surface area contributed by atoms with E-state index in [9.17, 15) is 28.8 Å². The predicted molar refractivity (Wildman–Crippen MR) is 184 cm³/mol. The highest BCUT2D eigenvalue weighted by Crippen LogP contribution is 2.65. The van der Waals surface area contributed by atoms with Gasteiger partial charge in [0.1, 0.15) is 12.1 Å². The number of hydrogen-bond donors (Lipinski definition) is 4. The van der Waals surface area contributed by atoms with Crippen LogP contribution in [0.4, 0.5) is 4.79 Å². The number of rotatable bonds is 14. The number of urea groups is 1. The van der Waals surface area contributed by atoms with Crippen LogP contribution in [0, 0.1) is 40.4 Å². The molecule has 11 heteroatoms. The quantitative estimate of drug-likeness (QED) is 0.218. The zero-order valence-corrected chi connectivity index (χ0v) is 29.8. The van der Waals surface area contributed by atoms with Crippen molar-refractivity contribution < 1.29 is 28.8 Å². The summed E-state index contributed by atoms with van der Waals surface area (Å²) in [5, 5.41) is 8.77. The smallest absolute Gasteiger partial charge is 0.316 e. The number of ketones is 2. The van der Waals surface area contributed by atoms with Crippen molar-refractivity contribution in [2.45, 2.75) is 117 Å². The number of likely N-dealkylation sites (tertiary alicyclic amines) is 1. The summed E-state index contributed by atoms with van der Waals surface area (Å²) in [6.45, 7) is 10.4. The van der Waals surface area contributed by atoms with Gasteiger partial charge in [0.15, 0.2) is 5.78 Å². The first-order valence-corrected chi connectivity index (χ1v) is 18.1. The largest absolute Gasteiger partial charge is 0.363 e. The van der Waals surface area contributed by atoms with Crippen LogP contribution in [-0.4, -0.2) is 64.9 Å². The van der Waals surface area contributed by atoms with Gasteiger partial charge in [-0.2, -0.15) is 0 Å². The van der Waals surface area contributed by atoms with Crippen molar-refractivity contribution in [3.8, 4) is 0 Å². The summed E-state index contributed by atoms with van der Waals surface area (Å²) in [4.78, 5) is 81.9. The fourth-order valence-corrected chi connectivity index (χ4v) is 8.57. The number of carbonyl (C=O) groups excluding carboxylic acids is 6. The fraction of sp³-hybridized carbons (Fsp3) is 0.684. The van der Waals surface area contributed by atoms with Crippen LogP contribution in [-0.2, 0) is 30.5 Å². The molecule has 49 heavy (non-hydrogen) atoms. The molecule has 0 bridgehead atoms. The lowest BCUT2D eigenvalue weighted by molar-refractivity contribution is -0.144. The highest BCUT2D eigenvalue weighted by molar-refractivity contribution is 6.36. The molecular formula is C38H55N5O6. The third kappa shape index (κ3) is 8.18. The van der Waals surface area contributed by atoms with Crippen molar-refractivity contribution in [2.24, 2.45) is 46.2 Å². The number of fused-ring (bicyclic) bond motifs is 1. The van der Waals surface area contributed by atoms with Gasteiger partial charge >= 0.3 is 6.03 Å². The van der Waals surface area contributed by atoms with Crippen LogP contribution in [0.1, 0.15) is 98.0 Å². The summed E-state index contributed by atoms with van der Waals surface area (Å²) in [6, 6.07) is 6.46. The maximum atomic E-state index is 14.4. The lowest BCUT2D eigenvalue weighted by atomic mass is 9.76. The summed E-state index contributed by atoms with van der Waals surface area (Å²) in [6.07, 6.45) is 6.89. The Morgan fingerprint density at radius 1 is 0.939 bits per heavy atom. The minimum atomic E-state index is -1.03. The Balaban J connectivity index is 1.30. The van der Waals surface area contributed by atoms with E-state index in [0.29, 0.717) is 19.5 Å². The number of hydrogen-bond acceptors (Lipinski definition) is 6. The van der Waals surface area contributed by atoms with Crippen molar-refractivity contribution in [3.05, 3.63) is 35.9 Å². The molecule has 1 unspecified atom stereocenters. The van der Waals surface area contributed by atoms with E-state index >= 15 is 0 Å². The molecule has 5 amide bonds. The second-order valence-corrected chi connectivity index (χ2v) is 16.7. The van der Waals surface area contributed by atoms with Crippen LogP contribution in [0.15, 0.2) is 30.3 Å². The van der Waals surface area contributed by atoms with Gasteiger partial charge in [-0.1, -0.05) is 97.1 Å². The number of primary amides is 1. The average Bonchev–Trinajstić information content (AvgIpc) is 3.47. The van der Waals surface area contributed by atoms with Gasteiger partial charge in [0.25, 0.3) is 5.91 Å². The van der Waals surface area contributed by atoms with E-state index in [0.717, 1.165) is 50.5 Å². The fourth-order valence-electron chi connectivity index (χ4n) is 8.57. The molecule has 1 heterocycles. The molecule has 4 aliphatic rings. The van der Waals surface area contributed by atoms with E-state index in [2.05, 4.69) is 29.8 Å². The van der Waals surface area contributed by atoms with Gasteiger partial charge in [-0.15, -0.1) is 0 Å². The number of nitrogens with zero attached hydrogens (tertiary/aromatic N) is 1. The molecule has 1 aromatic carbocycles. The molecule has 0 aromatic heterocycles. The molecule has 3 aliphatic carbocycles. The van der Waals surface area contributed by atoms with Crippen molar-refractivity contribution in [1.29, 1.82) is 0 Å². The van der Waals surface area contributed by atoms with Gasteiger partial charge in [0, 0.05) is 25.4 Å². The number of nitrogens with two attached hydrogens (primary N) is 1. The highest BCUT2D eigenvalue weighted by Gasteiger charge is 2.69. The van der Waals surface area contributed by atoms with Crippen LogP contribution in [0.3, 0.4) is 0 Å². The van der Waals surface area contributed by atoms with E-state index in [1.165, 1.54) is 0 Å². The van der Waals surface area contributed by atoms with Crippen LogP contribution < -0.4 is 21.7 Å². The second kappa shape index (κ2) is 14.6. The molecule has 11 nitrogen and oxygen atoms in total. The minimum absolute atomic E-state index is 0.0174. The molecule has 5 N–H and O–H groups in total. The number of nitrogens with one attached hydrogen (secondary N) is 3. The van der Waals surface area contributed by atoms with E-state index < -0.39 is 47.2 Å². The summed E-state index contributed by atoms with van der Waals surface area (Å²) < 4.78 is 0. The van der Waals surface area contributed by atoms with E-state index in [-0.39, 0.29) is 53.1 Å². The van der Waals surface area contributed by atoms with E-state index in [1.807, 2.05) is 51.1 Å². The molecule has 3 saturated carbocycles. The van der Waals surface area contributed by atoms with Gasteiger partial charge < -0.3 is 26.6 Å². The molecule has 1 aromatic rings. The predicted octanol–water partition coefficient (Wildman–Crippen LogP) is 3.88. The summed E-state index contributed by atoms with van der Waals surface area (Å²) in [5.41, 5.74) is 5.46.